The summed E-state index contributed by atoms with van der Waals surface area (Å²) in [5, 5.41) is 6.61. The fourth-order valence-electron chi connectivity index (χ4n) is 2.32. The molecule has 0 aliphatic carbocycles. The van der Waals surface area contributed by atoms with E-state index in [4.69, 9.17) is 4.74 Å². The average molecular weight is 321 g/mol. The zero-order valence-electron chi connectivity index (χ0n) is 13.2. The molecule has 0 unspecified atom stereocenters. The van der Waals surface area contributed by atoms with Gasteiger partial charge in [-0.25, -0.2) is 4.79 Å². The maximum Gasteiger partial charge on any atom is 0.315 e. The van der Waals surface area contributed by atoms with Crippen LogP contribution in [-0.4, -0.2) is 24.2 Å². The van der Waals surface area contributed by atoms with Crippen molar-refractivity contribution in [2.24, 2.45) is 0 Å². The molecule has 1 aromatic heterocycles. The lowest BCUT2D eigenvalue weighted by Crippen LogP contribution is -2.37. The van der Waals surface area contributed by atoms with Crippen LogP contribution in [0.4, 0.5) is 4.79 Å². The van der Waals surface area contributed by atoms with E-state index in [0.717, 1.165) is 22.2 Å². The first kappa shape index (κ1) is 15.8. The molecule has 0 fully saturated rings. The predicted octanol–water partition coefficient (Wildman–Crippen LogP) is 3.11. The summed E-state index contributed by atoms with van der Waals surface area (Å²) in [5.74, 6) is 0.766. The number of urea groups is 1. The number of carbonyl (C=O) groups excluding carboxylic acids is 1. The smallest absolute Gasteiger partial charge is 0.315 e. The second-order valence-corrected chi connectivity index (χ2v) is 5.30. The number of nitrogens with zero attached hydrogens (tertiary/aromatic N) is 1. The Morgan fingerprint density at radius 3 is 2.75 bits per heavy atom. The molecular formula is C19H19N3O2. The third-order valence-electron chi connectivity index (χ3n) is 3.53. The van der Waals surface area contributed by atoms with Crippen molar-refractivity contribution in [3.05, 3.63) is 72.4 Å². The van der Waals surface area contributed by atoms with E-state index in [9.17, 15) is 4.79 Å². The highest BCUT2D eigenvalue weighted by atomic mass is 16.5. The molecule has 0 spiro atoms. The van der Waals surface area contributed by atoms with E-state index in [2.05, 4.69) is 15.6 Å². The Morgan fingerprint density at radius 2 is 1.88 bits per heavy atom. The number of carbonyl (C=O) groups is 1. The van der Waals surface area contributed by atoms with Crippen LogP contribution in [0.15, 0.2) is 66.9 Å². The SMILES string of the molecule is O=C(NCCOc1ccc2ncccc2c1)NCc1ccccc1. The summed E-state index contributed by atoms with van der Waals surface area (Å²) in [4.78, 5) is 16.0. The summed E-state index contributed by atoms with van der Waals surface area (Å²) in [5.41, 5.74) is 2.00. The normalized spacial score (nSPS) is 10.3. The van der Waals surface area contributed by atoms with Gasteiger partial charge in [-0.2, -0.15) is 0 Å². The minimum atomic E-state index is -0.204. The molecule has 2 aromatic carbocycles. The summed E-state index contributed by atoms with van der Waals surface area (Å²) in [6.07, 6.45) is 1.76. The lowest BCUT2D eigenvalue weighted by Gasteiger charge is -2.09. The monoisotopic (exact) mass is 321 g/mol. The van der Waals surface area contributed by atoms with Crippen molar-refractivity contribution in [3.63, 3.8) is 0 Å². The molecule has 2 N–H and O–H groups in total. The van der Waals surface area contributed by atoms with Gasteiger partial charge in [-0.1, -0.05) is 36.4 Å². The van der Waals surface area contributed by atoms with Crippen LogP contribution in [0.3, 0.4) is 0 Å². The van der Waals surface area contributed by atoms with Crippen molar-refractivity contribution >= 4 is 16.9 Å². The van der Waals surface area contributed by atoms with Gasteiger partial charge in [0.2, 0.25) is 0 Å². The minimum Gasteiger partial charge on any atom is -0.492 e. The van der Waals surface area contributed by atoms with Crippen molar-refractivity contribution in [1.82, 2.24) is 15.6 Å². The van der Waals surface area contributed by atoms with Crippen molar-refractivity contribution in [3.8, 4) is 5.75 Å². The van der Waals surface area contributed by atoms with Crippen molar-refractivity contribution < 1.29 is 9.53 Å². The number of amides is 2. The van der Waals surface area contributed by atoms with Gasteiger partial charge in [0.1, 0.15) is 12.4 Å². The third-order valence-corrected chi connectivity index (χ3v) is 3.53. The first-order valence-electron chi connectivity index (χ1n) is 7.84. The van der Waals surface area contributed by atoms with Crippen LogP contribution < -0.4 is 15.4 Å². The van der Waals surface area contributed by atoms with E-state index in [1.54, 1.807) is 6.20 Å². The molecule has 0 saturated heterocycles. The second kappa shape index (κ2) is 7.97. The molecule has 0 aliphatic heterocycles. The maximum absolute atomic E-state index is 11.7. The standard InChI is InChI=1S/C19H19N3O2/c23-19(22-14-15-5-2-1-3-6-15)21-11-12-24-17-8-9-18-16(13-17)7-4-10-20-18/h1-10,13H,11-12,14H2,(H2,21,22,23). The van der Waals surface area contributed by atoms with Gasteiger partial charge in [0.05, 0.1) is 12.1 Å². The van der Waals surface area contributed by atoms with E-state index >= 15 is 0 Å². The summed E-state index contributed by atoms with van der Waals surface area (Å²) < 4.78 is 5.66. The topological polar surface area (TPSA) is 63.2 Å². The van der Waals surface area contributed by atoms with Crippen LogP contribution in [0.5, 0.6) is 5.75 Å². The summed E-state index contributed by atoms with van der Waals surface area (Å²) in [6.45, 7) is 1.35. The molecule has 1 heterocycles. The highest BCUT2D eigenvalue weighted by Gasteiger charge is 2.01. The Bertz CT molecular complexity index is 806. The van der Waals surface area contributed by atoms with Gasteiger partial charge in [-0.05, 0) is 29.8 Å². The van der Waals surface area contributed by atoms with Gasteiger partial charge in [0.15, 0.2) is 0 Å². The number of aromatic nitrogens is 1. The number of rotatable bonds is 6. The van der Waals surface area contributed by atoms with Gasteiger partial charge >= 0.3 is 6.03 Å². The molecular weight excluding hydrogens is 302 g/mol. The van der Waals surface area contributed by atoms with Gasteiger partial charge in [-0.15, -0.1) is 0 Å². The number of ether oxygens (including phenoxy) is 1. The number of nitrogens with one attached hydrogen (secondary N) is 2. The number of benzene rings is 2. The molecule has 24 heavy (non-hydrogen) atoms. The van der Waals surface area contributed by atoms with Crippen molar-refractivity contribution in [2.75, 3.05) is 13.2 Å². The van der Waals surface area contributed by atoms with Crippen LogP contribution in [0.1, 0.15) is 5.56 Å². The van der Waals surface area contributed by atoms with Gasteiger partial charge in [-0.3, -0.25) is 4.98 Å². The number of fused-ring (bicyclic) bond motifs is 1. The third kappa shape index (κ3) is 4.46. The largest absolute Gasteiger partial charge is 0.492 e. The first-order valence-corrected chi connectivity index (χ1v) is 7.84. The lowest BCUT2D eigenvalue weighted by atomic mass is 10.2. The molecule has 2 amide bonds. The molecule has 3 rings (SSSR count). The number of hydrogen-bond acceptors (Lipinski definition) is 3. The Kier molecular flexibility index (Phi) is 5.24. The molecule has 3 aromatic rings. The summed E-state index contributed by atoms with van der Waals surface area (Å²) in [6, 6.07) is 19.2. The predicted molar refractivity (Wildman–Crippen MR) is 93.9 cm³/mol. The summed E-state index contributed by atoms with van der Waals surface area (Å²) in [7, 11) is 0. The number of pyridine rings is 1. The van der Waals surface area contributed by atoms with Crippen LogP contribution >= 0.6 is 0 Å². The van der Waals surface area contributed by atoms with E-state index in [-0.39, 0.29) is 6.03 Å². The molecule has 5 heteroatoms. The first-order chi connectivity index (χ1) is 11.8. The zero-order valence-corrected chi connectivity index (χ0v) is 13.2. The van der Waals surface area contributed by atoms with Crippen molar-refractivity contribution in [1.29, 1.82) is 0 Å². The quantitative estimate of drug-likeness (QED) is 0.686. The van der Waals surface area contributed by atoms with E-state index < -0.39 is 0 Å². The Morgan fingerprint density at radius 1 is 1.00 bits per heavy atom. The van der Waals surface area contributed by atoms with Crippen LogP contribution in [0.25, 0.3) is 10.9 Å². The van der Waals surface area contributed by atoms with Crippen molar-refractivity contribution in [2.45, 2.75) is 6.54 Å². The highest BCUT2D eigenvalue weighted by molar-refractivity contribution is 5.79. The highest BCUT2D eigenvalue weighted by Crippen LogP contribution is 2.18. The van der Waals surface area contributed by atoms with Crippen LogP contribution in [0.2, 0.25) is 0 Å². The van der Waals surface area contributed by atoms with Crippen LogP contribution in [-0.2, 0) is 6.54 Å². The Balaban J connectivity index is 1.39. The second-order valence-electron chi connectivity index (χ2n) is 5.30. The average Bonchev–Trinajstić information content (AvgIpc) is 2.64. The molecule has 0 saturated carbocycles. The molecule has 0 aliphatic rings. The minimum absolute atomic E-state index is 0.204. The van der Waals surface area contributed by atoms with Gasteiger partial charge in [0, 0.05) is 18.1 Å². The van der Waals surface area contributed by atoms with Crippen LogP contribution in [0, 0.1) is 0 Å². The van der Waals surface area contributed by atoms with E-state index in [1.807, 2.05) is 60.7 Å². The lowest BCUT2D eigenvalue weighted by molar-refractivity contribution is 0.236. The molecule has 5 nitrogen and oxygen atoms in total. The number of hydrogen-bond donors (Lipinski definition) is 2. The zero-order chi connectivity index (χ0) is 16.6. The Hall–Kier alpha value is -3.08. The fourth-order valence-corrected chi connectivity index (χ4v) is 2.32. The van der Waals surface area contributed by atoms with Gasteiger partial charge in [0.25, 0.3) is 0 Å². The molecule has 0 atom stereocenters. The molecule has 122 valence electrons. The molecule has 0 radical (unpaired) electrons. The maximum atomic E-state index is 11.7. The van der Waals surface area contributed by atoms with E-state index in [1.165, 1.54) is 0 Å². The summed E-state index contributed by atoms with van der Waals surface area (Å²) >= 11 is 0. The van der Waals surface area contributed by atoms with E-state index in [0.29, 0.717) is 19.7 Å². The molecule has 0 bridgehead atoms. The Labute approximate surface area is 140 Å². The fraction of sp³-hybridized carbons (Fsp3) is 0.158. The van der Waals surface area contributed by atoms with Gasteiger partial charge < -0.3 is 15.4 Å².